The highest BCUT2D eigenvalue weighted by molar-refractivity contribution is 5.59. The highest BCUT2D eigenvalue weighted by atomic mass is 16.5. The third-order valence-corrected chi connectivity index (χ3v) is 10.1. The van der Waals surface area contributed by atoms with Crippen LogP contribution >= 0.6 is 0 Å². The molecule has 4 heteroatoms. The molecule has 3 rings (SSSR count). The van der Waals surface area contributed by atoms with E-state index in [4.69, 9.17) is 14.2 Å². The van der Waals surface area contributed by atoms with Gasteiger partial charge in [0.15, 0.2) is 0 Å². The molecule has 0 saturated heterocycles. The van der Waals surface area contributed by atoms with Gasteiger partial charge in [0.2, 0.25) is 0 Å². The topological polar surface area (TPSA) is 51.5 Å². The minimum atomic E-state index is -0.213. The smallest absolute Gasteiger partial charge is 0.130 e. The molecule has 244 valence electrons. The molecule has 1 aliphatic heterocycles. The molecule has 1 unspecified atom stereocenters. The molecule has 0 radical (unpaired) electrons. The van der Waals surface area contributed by atoms with Gasteiger partial charge in [-0.15, -0.1) is 0 Å². The SMILES string of the molecule is COc1ccc(C(CCC#N)Oc2c(C)c(C)c3c(c2C)O[C@](C)(CCC[C@H](C)CCC[C@H](C)CCCC(C)C)CC3)cc1. The van der Waals surface area contributed by atoms with Crippen LogP contribution < -0.4 is 14.2 Å². The van der Waals surface area contributed by atoms with Crippen LogP contribution in [0.4, 0.5) is 0 Å². The van der Waals surface area contributed by atoms with Crippen molar-refractivity contribution in [2.45, 2.75) is 151 Å². The van der Waals surface area contributed by atoms with Gasteiger partial charge in [0, 0.05) is 18.4 Å². The van der Waals surface area contributed by atoms with Crippen LogP contribution in [0, 0.1) is 49.9 Å². The molecular weight excluding hydrogens is 542 g/mol. The summed E-state index contributed by atoms with van der Waals surface area (Å²) in [7, 11) is 1.67. The molecule has 0 bridgehead atoms. The Kier molecular flexibility index (Phi) is 13.9. The van der Waals surface area contributed by atoms with E-state index in [0.29, 0.717) is 12.8 Å². The Balaban J connectivity index is 1.62. The van der Waals surface area contributed by atoms with Gasteiger partial charge in [-0.1, -0.05) is 84.8 Å². The number of rotatable bonds is 18. The average Bonchev–Trinajstić information content (AvgIpc) is 2.99. The Hall–Kier alpha value is -2.67. The Morgan fingerprint density at radius 3 is 2.05 bits per heavy atom. The summed E-state index contributed by atoms with van der Waals surface area (Å²) in [6, 6.07) is 10.3. The highest BCUT2D eigenvalue weighted by Gasteiger charge is 2.35. The summed E-state index contributed by atoms with van der Waals surface area (Å²) < 4.78 is 19.1. The number of benzene rings is 2. The van der Waals surface area contributed by atoms with Crippen molar-refractivity contribution in [3.63, 3.8) is 0 Å². The van der Waals surface area contributed by atoms with E-state index in [1.54, 1.807) is 7.11 Å². The number of nitrogens with zero attached hydrogens (tertiary/aromatic N) is 1. The summed E-state index contributed by atoms with van der Waals surface area (Å²) in [5.41, 5.74) is 5.75. The summed E-state index contributed by atoms with van der Waals surface area (Å²) in [5.74, 6) is 5.19. The van der Waals surface area contributed by atoms with Gasteiger partial charge < -0.3 is 14.2 Å². The largest absolute Gasteiger partial charge is 0.497 e. The molecule has 0 saturated carbocycles. The fourth-order valence-electron chi connectivity index (χ4n) is 6.91. The lowest BCUT2D eigenvalue weighted by atomic mass is 9.83. The van der Waals surface area contributed by atoms with Gasteiger partial charge in [0.1, 0.15) is 29.0 Å². The first-order valence-corrected chi connectivity index (χ1v) is 17.5. The van der Waals surface area contributed by atoms with Crippen molar-refractivity contribution < 1.29 is 14.2 Å². The number of fused-ring (bicyclic) bond motifs is 1. The van der Waals surface area contributed by atoms with Crippen molar-refractivity contribution in [3.8, 4) is 23.3 Å². The quantitative estimate of drug-likeness (QED) is 0.170. The molecule has 2 aromatic carbocycles. The summed E-state index contributed by atoms with van der Waals surface area (Å²) in [6.45, 7) is 18.4. The first kappa shape index (κ1) is 35.8. The normalized spacial score (nSPS) is 18.2. The molecule has 1 heterocycles. The van der Waals surface area contributed by atoms with Crippen LogP contribution in [0.25, 0.3) is 0 Å². The Morgan fingerprint density at radius 1 is 0.841 bits per heavy atom. The lowest BCUT2D eigenvalue weighted by Crippen LogP contribution is -2.37. The van der Waals surface area contributed by atoms with Crippen LogP contribution in [0.2, 0.25) is 0 Å². The van der Waals surface area contributed by atoms with Crippen molar-refractivity contribution >= 4 is 0 Å². The van der Waals surface area contributed by atoms with E-state index in [1.165, 1.54) is 68.1 Å². The molecule has 0 aliphatic carbocycles. The second kappa shape index (κ2) is 17.1. The monoisotopic (exact) mass is 603 g/mol. The molecule has 0 N–H and O–H groups in total. The van der Waals surface area contributed by atoms with Crippen LogP contribution in [0.15, 0.2) is 24.3 Å². The predicted molar refractivity (Wildman–Crippen MR) is 184 cm³/mol. The molecule has 44 heavy (non-hydrogen) atoms. The van der Waals surface area contributed by atoms with E-state index in [2.05, 4.69) is 61.5 Å². The maximum atomic E-state index is 9.35. The number of hydrogen-bond donors (Lipinski definition) is 0. The van der Waals surface area contributed by atoms with Gasteiger partial charge in [-0.2, -0.15) is 5.26 Å². The predicted octanol–water partition coefficient (Wildman–Crippen LogP) is 11.6. The number of nitriles is 1. The molecule has 0 fully saturated rings. The fraction of sp³-hybridized carbons (Fsp3) is 0.675. The van der Waals surface area contributed by atoms with Crippen molar-refractivity contribution in [2.75, 3.05) is 7.11 Å². The van der Waals surface area contributed by atoms with E-state index in [-0.39, 0.29) is 11.7 Å². The van der Waals surface area contributed by atoms with Crippen molar-refractivity contribution in [1.29, 1.82) is 5.26 Å². The molecule has 0 amide bonds. The van der Waals surface area contributed by atoms with Gasteiger partial charge in [-0.3, -0.25) is 0 Å². The Bertz CT molecular complexity index is 1210. The summed E-state index contributed by atoms with van der Waals surface area (Å²) in [6.07, 6.45) is 14.7. The minimum Gasteiger partial charge on any atom is -0.497 e. The molecule has 0 spiro atoms. The molecule has 4 nitrogen and oxygen atoms in total. The fourth-order valence-corrected chi connectivity index (χ4v) is 6.91. The zero-order valence-electron chi connectivity index (χ0n) is 29.5. The average molecular weight is 604 g/mol. The molecule has 2 aromatic rings. The zero-order chi connectivity index (χ0) is 32.3. The van der Waals surface area contributed by atoms with Crippen LogP contribution in [-0.2, 0) is 6.42 Å². The van der Waals surface area contributed by atoms with Gasteiger partial charge in [-0.25, -0.2) is 0 Å². The van der Waals surface area contributed by atoms with Crippen molar-refractivity contribution in [2.24, 2.45) is 17.8 Å². The van der Waals surface area contributed by atoms with Gasteiger partial charge in [-0.05, 0) is 106 Å². The maximum absolute atomic E-state index is 9.35. The third kappa shape index (κ3) is 10.2. The summed E-state index contributed by atoms with van der Waals surface area (Å²) in [5, 5.41) is 9.35. The first-order chi connectivity index (χ1) is 21.0. The van der Waals surface area contributed by atoms with E-state index in [0.717, 1.165) is 65.4 Å². The molecule has 4 atom stereocenters. The van der Waals surface area contributed by atoms with Crippen molar-refractivity contribution in [3.05, 3.63) is 52.1 Å². The third-order valence-electron chi connectivity index (χ3n) is 10.1. The maximum Gasteiger partial charge on any atom is 0.130 e. The number of hydrogen-bond acceptors (Lipinski definition) is 4. The standard InChI is InChI=1S/C40H61NO3/c1-28(2)14-10-15-29(3)16-11-17-30(4)18-12-25-40(8)26-24-36-31(5)32(6)38(33(7)39(36)44-40)43-37(19-13-27-41)34-20-22-35(42-9)23-21-34/h20-23,28-30,37H,10-19,24-26H2,1-9H3/t29-,30-,37?,40-/m1/s1. The lowest BCUT2D eigenvalue weighted by molar-refractivity contribution is 0.0506. The van der Waals surface area contributed by atoms with Crippen LogP contribution in [0.1, 0.15) is 146 Å². The number of ether oxygens (including phenoxy) is 3. The Labute approximate surface area is 269 Å². The van der Waals surface area contributed by atoms with Gasteiger partial charge in [0.05, 0.1) is 13.2 Å². The van der Waals surface area contributed by atoms with Gasteiger partial charge in [0.25, 0.3) is 0 Å². The van der Waals surface area contributed by atoms with Crippen molar-refractivity contribution in [1.82, 2.24) is 0 Å². The van der Waals surface area contributed by atoms with Crippen LogP contribution in [-0.4, -0.2) is 12.7 Å². The van der Waals surface area contributed by atoms with Gasteiger partial charge >= 0.3 is 0 Å². The Morgan fingerprint density at radius 2 is 1.45 bits per heavy atom. The second-order valence-corrected chi connectivity index (χ2v) is 14.5. The first-order valence-electron chi connectivity index (χ1n) is 17.5. The van der Waals surface area contributed by atoms with E-state index in [9.17, 15) is 5.26 Å². The van der Waals surface area contributed by atoms with Crippen LogP contribution in [0.5, 0.6) is 17.2 Å². The van der Waals surface area contributed by atoms with Crippen LogP contribution in [0.3, 0.4) is 0 Å². The zero-order valence-corrected chi connectivity index (χ0v) is 29.5. The minimum absolute atomic E-state index is 0.155. The molecule has 1 aliphatic rings. The van der Waals surface area contributed by atoms with E-state index >= 15 is 0 Å². The van der Waals surface area contributed by atoms with E-state index < -0.39 is 0 Å². The summed E-state index contributed by atoms with van der Waals surface area (Å²) in [4.78, 5) is 0. The van der Waals surface area contributed by atoms with E-state index in [1.807, 2.05) is 24.3 Å². The summed E-state index contributed by atoms with van der Waals surface area (Å²) >= 11 is 0. The highest BCUT2D eigenvalue weighted by Crippen LogP contribution is 2.46. The molecule has 0 aromatic heterocycles. The lowest BCUT2D eigenvalue weighted by Gasteiger charge is -2.39. The second-order valence-electron chi connectivity index (χ2n) is 14.5. The molecular formula is C40H61NO3. The number of methoxy groups -OCH3 is 1.